The first-order chi connectivity index (χ1) is 8.99. The SMILES string of the molecule is CC(NC(C)c1sccc1Br)c1cc(F)ccc1F. The summed E-state index contributed by atoms with van der Waals surface area (Å²) in [5, 5.41) is 5.27. The molecule has 1 N–H and O–H groups in total. The Labute approximate surface area is 123 Å². The van der Waals surface area contributed by atoms with E-state index in [9.17, 15) is 8.78 Å². The number of nitrogens with one attached hydrogen (secondary N) is 1. The Bertz CT molecular complexity index is 570. The van der Waals surface area contributed by atoms with Gasteiger partial charge in [-0.15, -0.1) is 11.3 Å². The Kier molecular flexibility index (Phi) is 4.71. The fraction of sp³-hybridized carbons (Fsp3) is 0.286. The molecule has 1 heterocycles. The molecule has 2 atom stereocenters. The average molecular weight is 346 g/mol. The fourth-order valence-electron chi connectivity index (χ4n) is 2.00. The van der Waals surface area contributed by atoms with Gasteiger partial charge in [-0.1, -0.05) is 0 Å². The summed E-state index contributed by atoms with van der Waals surface area (Å²) < 4.78 is 27.9. The van der Waals surface area contributed by atoms with E-state index in [4.69, 9.17) is 0 Å². The van der Waals surface area contributed by atoms with Gasteiger partial charge >= 0.3 is 0 Å². The molecular formula is C14H14BrF2NS. The number of halogens is 3. The highest BCUT2D eigenvalue weighted by Crippen LogP contribution is 2.30. The Morgan fingerprint density at radius 3 is 2.53 bits per heavy atom. The summed E-state index contributed by atoms with van der Waals surface area (Å²) >= 11 is 5.10. The molecule has 2 rings (SSSR count). The number of hydrogen-bond donors (Lipinski definition) is 1. The van der Waals surface area contributed by atoms with E-state index in [2.05, 4.69) is 21.2 Å². The van der Waals surface area contributed by atoms with E-state index in [0.717, 1.165) is 21.5 Å². The summed E-state index contributed by atoms with van der Waals surface area (Å²) in [7, 11) is 0. The molecule has 0 bridgehead atoms. The summed E-state index contributed by atoms with van der Waals surface area (Å²) in [4.78, 5) is 1.14. The summed E-state index contributed by atoms with van der Waals surface area (Å²) in [6.07, 6.45) is 0. The second kappa shape index (κ2) is 6.11. The van der Waals surface area contributed by atoms with E-state index in [1.165, 1.54) is 6.07 Å². The molecule has 0 radical (unpaired) electrons. The lowest BCUT2D eigenvalue weighted by atomic mass is 10.1. The second-order valence-corrected chi connectivity index (χ2v) is 6.21. The normalized spacial score (nSPS) is 14.4. The van der Waals surface area contributed by atoms with Crippen LogP contribution in [-0.4, -0.2) is 0 Å². The van der Waals surface area contributed by atoms with E-state index in [-0.39, 0.29) is 17.9 Å². The maximum Gasteiger partial charge on any atom is 0.128 e. The van der Waals surface area contributed by atoms with Gasteiger partial charge in [0.1, 0.15) is 11.6 Å². The van der Waals surface area contributed by atoms with Gasteiger partial charge in [-0.25, -0.2) is 8.78 Å². The first-order valence-electron chi connectivity index (χ1n) is 5.93. The van der Waals surface area contributed by atoms with Crippen LogP contribution in [0.3, 0.4) is 0 Å². The van der Waals surface area contributed by atoms with Crippen molar-refractivity contribution in [2.24, 2.45) is 0 Å². The molecular weight excluding hydrogens is 332 g/mol. The Morgan fingerprint density at radius 1 is 1.16 bits per heavy atom. The minimum atomic E-state index is -0.421. The predicted molar refractivity (Wildman–Crippen MR) is 78.3 cm³/mol. The van der Waals surface area contributed by atoms with Crippen LogP contribution in [0, 0.1) is 11.6 Å². The van der Waals surface area contributed by atoms with Gasteiger partial charge in [-0.05, 0) is 59.4 Å². The lowest BCUT2D eigenvalue weighted by Crippen LogP contribution is -2.23. The van der Waals surface area contributed by atoms with Gasteiger partial charge in [0.05, 0.1) is 0 Å². The molecule has 0 fully saturated rings. The largest absolute Gasteiger partial charge is 0.303 e. The van der Waals surface area contributed by atoms with Crippen molar-refractivity contribution in [2.45, 2.75) is 25.9 Å². The molecule has 102 valence electrons. The average Bonchev–Trinajstić information content (AvgIpc) is 2.78. The van der Waals surface area contributed by atoms with Gasteiger partial charge in [0.15, 0.2) is 0 Å². The summed E-state index contributed by atoms with van der Waals surface area (Å²) in [5.41, 5.74) is 0.347. The summed E-state index contributed by atoms with van der Waals surface area (Å²) in [6.45, 7) is 3.83. The van der Waals surface area contributed by atoms with Gasteiger partial charge < -0.3 is 5.32 Å². The van der Waals surface area contributed by atoms with E-state index >= 15 is 0 Å². The quantitative estimate of drug-likeness (QED) is 0.802. The molecule has 1 aromatic heterocycles. The van der Waals surface area contributed by atoms with E-state index in [0.29, 0.717) is 5.56 Å². The third kappa shape index (κ3) is 3.41. The monoisotopic (exact) mass is 345 g/mol. The van der Waals surface area contributed by atoms with Gasteiger partial charge in [0.25, 0.3) is 0 Å². The zero-order valence-electron chi connectivity index (χ0n) is 10.6. The van der Waals surface area contributed by atoms with Crippen molar-refractivity contribution < 1.29 is 8.78 Å². The van der Waals surface area contributed by atoms with Crippen LogP contribution in [0.4, 0.5) is 8.78 Å². The first kappa shape index (κ1) is 14.6. The molecule has 0 spiro atoms. The van der Waals surface area contributed by atoms with Gasteiger partial charge in [-0.3, -0.25) is 0 Å². The first-order valence-corrected chi connectivity index (χ1v) is 7.60. The highest BCUT2D eigenvalue weighted by molar-refractivity contribution is 9.10. The highest BCUT2D eigenvalue weighted by atomic mass is 79.9. The molecule has 19 heavy (non-hydrogen) atoms. The second-order valence-electron chi connectivity index (χ2n) is 4.41. The third-order valence-electron chi connectivity index (χ3n) is 2.96. The van der Waals surface area contributed by atoms with Crippen molar-refractivity contribution >= 4 is 27.3 Å². The van der Waals surface area contributed by atoms with Crippen LogP contribution in [0.25, 0.3) is 0 Å². The van der Waals surface area contributed by atoms with Crippen LogP contribution < -0.4 is 5.32 Å². The molecule has 0 aliphatic carbocycles. The molecule has 1 nitrogen and oxygen atoms in total. The van der Waals surface area contributed by atoms with Gasteiger partial charge in [0, 0.05) is 27.0 Å². The van der Waals surface area contributed by atoms with Crippen molar-refractivity contribution in [2.75, 3.05) is 0 Å². The molecule has 0 aliphatic rings. The van der Waals surface area contributed by atoms with Crippen LogP contribution in [0.2, 0.25) is 0 Å². The Balaban J connectivity index is 2.15. The standard InChI is InChI=1S/C14H14BrF2NS/c1-8(11-7-10(16)3-4-13(11)17)18-9(2)14-12(15)5-6-19-14/h3-9,18H,1-2H3. The molecule has 0 saturated carbocycles. The number of benzene rings is 1. The van der Waals surface area contributed by atoms with Crippen LogP contribution in [0.15, 0.2) is 34.1 Å². The maximum absolute atomic E-state index is 13.7. The van der Waals surface area contributed by atoms with Gasteiger partial charge in [0.2, 0.25) is 0 Å². The van der Waals surface area contributed by atoms with Crippen LogP contribution >= 0.6 is 27.3 Å². The minimum Gasteiger partial charge on any atom is -0.303 e. The van der Waals surface area contributed by atoms with Crippen molar-refractivity contribution in [3.8, 4) is 0 Å². The zero-order valence-corrected chi connectivity index (χ0v) is 13.0. The number of rotatable bonds is 4. The van der Waals surface area contributed by atoms with Crippen molar-refractivity contribution in [1.82, 2.24) is 5.32 Å². The van der Waals surface area contributed by atoms with Crippen molar-refractivity contribution in [1.29, 1.82) is 0 Å². The molecule has 1 aromatic carbocycles. The van der Waals surface area contributed by atoms with Crippen molar-refractivity contribution in [3.63, 3.8) is 0 Å². The lowest BCUT2D eigenvalue weighted by Gasteiger charge is -2.20. The molecule has 0 aliphatic heterocycles. The lowest BCUT2D eigenvalue weighted by molar-refractivity contribution is 0.473. The van der Waals surface area contributed by atoms with Crippen molar-refractivity contribution in [3.05, 3.63) is 56.2 Å². The highest BCUT2D eigenvalue weighted by Gasteiger charge is 2.17. The number of hydrogen-bond acceptors (Lipinski definition) is 2. The predicted octanol–water partition coefficient (Wildman–Crippen LogP) is 5.20. The summed E-state index contributed by atoms with van der Waals surface area (Å²) in [5.74, 6) is -0.811. The van der Waals surface area contributed by atoms with Gasteiger partial charge in [-0.2, -0.15) is 0 Å². The van der Waals surface area contributed by atoms with E-state index in [1.54, 1.807) is 11.3 Å². The molecule has 2 unspecified atom stereocenters. The number of thiophene rings is 1. The molecule has 0 amide bonds. The van der Waals surface area contributed by atoms with Crippen LogP contribution in [0.5, 0.6) is 0 Å². The van der Waals surface area contributed by atoms with Crippen LogP contribution in [0.1, 0.15) is 36.4 Å². The fourth-order valence-corrected chi connectivity index (χ4v) is 3.74. The topological polar surface area (TPSA) is 12.0 Å². The maximum atomic E-state index is 13.7. The molecule has 2 aromatic rings. The third-order valence-corrected chi connectivity index (χ3v) is 5.02. The summed E-state index contributed by atoms with van der Waals surface area (Å²) in [6, 6.07) is 5.31. The van der Waals surface area contributed by atoms with Crippen LogP contribution in [-0.2, 0) is 0 Å². The smallest absolute Gasteiger partial charge is 0.128 e. The molecule has 0 saturated heterocycles. The zero-order chi connectivity index (χ0) is 14.0. The van der Waals surface area contributed by atoms with E-state index < -0.39 is 5.82 Å². The Hall–Kier alpha value is -0.780. The van der Waals surface area contributed by atoms with E-state index in [1.807, 2.05) is 25.3 Å². The Morgan fingerprint density at radius 2 is 1.89 bits per heavy atom. The minimum absolute atomic E-state index is 0.0621. The molecule has 5 heteroatoms.